The maximum absolute atomic E-state index is 7.01. The van der Waals surface area contributed by atoms with Gasteiger partial charge in [-0.15, -0.1) is 0 Å². The van der Waals surface area contributed by atoms with Gasteiger partial charge in [0.1, 0.15) is 5.75 Å². The van der Waals surface area contributed by atoms with E-state index in [0.29, 0.717) is 0 Å². The zero-order valence-corrected chi connectivity index (χ0v) is 33.6. The summed E-state index contributed by atoms with van der Waals surface area (Å²) in [5.41, 5.74) is 16.6. The average Bonchev–Trinajstić information content (AvgIpc) is 3.95. The Bertz CT molecular complexity index is 3310. The number of hydrogen-bond donors (Lipinski definition) is 0. The van der Waals surface area contributed by atoms with Crippen LogP contribution in [0.15, 0.2) is 200 Å². The molecule has 0 radical (unpaired) electrons. The quantitative estimate of drug-likeness (QED) is 0.157. The minimum Gasteiger partial charge on any atom is -0.555 e. The second-order valence-electron chi connectivity index (χ2n) is 16.9. The van der Waals surface area contributed by atoms with Crippen molar-refractivity contribution in [3.63, 3.8) is 0 Å². The fourth-order valence-corrected chi connectivity index (χ4v) is 10.2. The highest BCUT2D eigenvalue weighted by molar-refractivity contribution is 6.68. The van der Waals surface area contributed by atoms with Crippen molar-refractivity contribution < 1.29 is 4.65 Å². The molecule has 2 aliphatic rings. The van der Waals surface area contributed by atoms with E-state index in [9.17, 15) is 0 Å². The van der Waals surface area contributed by atoms with Crippen LogP contribution in [0.2, 0.25) is 0 Å². The number of benzene rings is 9. The summed E-state index contributed by atoms with van der Waals surface area (Å²) in [7, 11) is 0. The second kappa shape index (κ2) is 13.4. The number of aromatic nitrogens is 1. The molecule has 0 saturated heterocycles. The zero-order chi connectivity index (χ0) is 40.0. The molecule has 60 heavy (non-hydrogen) atoms. The van der Waals surface area contributed by atoms with Gasteiger partial charge in [-0.05, 0) is 111 Å². The Labute approximate surface area is 350 Å². The Balaban J connectivity index is 1.13. The molecule has 2 heterocycles. The standard InChI is InChI=1S/C56H41BN2O/c1-56(2)50-26-13-11-24-48(50)54-49(47-25-15-18-39-36-57(60-55(39)47)40-19-5-3-6-20-40)33-44(34-51(54)56)58(42-29-28-37-16-9-10-17-38(37)32-42)43-30-31-46-45-23-12-14-27-52(45)59(53(46)35-43)41-21-7-4-8-22-41/h3-35H,36H2,1-2H3. The first kappa shape index (κ1) is 34.7. The number of fused-ring (bicyclic) bond motifs is 8. The topological polar surface area (TPSA) is 17.4 Å². The normalized spacial score (nSPS) is 13.7. The van der Waals surface area contributed by atoms with E-state index in [1.165, 1.54) is 71.4 Å². The molecule has 0 saturated carbocycles. The van der Waals surface area contributed by atoms with Gasteiger partial charge in [-0.3, -0.25) is 0 Å². The van der Waals surface area contributed by atoms with E-state index in [4.69, 9.17) is 4.65 Å². The molecular formula is C56H41BN2O. The molecule has 3 nitrogen and oxygen atoms in total. The summed E-state index contributed by atoms with van der Waals surface area (Å²) in [6.07, 6.45) is 0.843. The molecule has 0 atom stereocenters. The van der Waals surface area contributed by atoms with E-state index in [1.807, 2.05) is 0 Å². The molecule has 0 amide bonds. The first-order valence-electron chi connectivity index (χ1n) is 21.0. The molecule has 9 aromatic carbocycles. The lowest BCUT2D eigenvalue weighted by Gasteiger charge is -2.30. The SMILES string of the molecule is CC1(C)c2ccccc2-c2c(-c3cccc4c3OB(c3ccccc3)C4)cc(N(c3ccc4ccccc4c3)c3ccc4c5ccccc5n(-c5ccccc5)c4c3)cc21. The molecule has 1 aliphatic heterocycles. The molecule has 12 rings (SSSR count). The van der Waals surface area contributed by atoms with Crippen molar-refractivity contribution in [1.29, 1.82) is 0 Å². The summed E-state index contributed by atoms with van der Waals surface area (Å²) < 4.78 is 9.42. The molecule has 0 spiro atoms. The van der Waals surface area contributed by atoms with Gasteiger partial charge in [-0.1, -0.05) is 159 Å². The van der Waals surface area contributed by atoms with Gasteiger partial charge in [-0.2, -0.15) is 0 Å². The smallest absolute Gasteiger partial charge is 0.396 e. The minimum atomic E-state index is -0.235. The Morgan fingerprint density at radius 2 is 1.18 bits per heavy atom. The van der Waals surface area contributed by atoms with Crippen LogP contribution in [0, 0.1) is 0 Å². The van der Waals surface area contributed by atoms with Gasteiger partial charge in [-0.25, -0.2) is 0 Å². The van der Waals surface area contributed by atoms with Gasteiger partial charge in [0, 0.05) is 44.5 Å². The van der Waals surface area contributed by atoms with Gasteiger partial charge < -0.3 is 14.1 Å². The van der Waals surface area contributed by atoms with E-state index in [0.717, 1.165) is 40.4 Å². The Hall–Kier alpha value is -7.30. The van der Waals surface area contributed by atoms with Gasteiger partial charge in [0.05, 0.1) is 11.0 Å². The average molecular weight is 769 g/mol. The van der Waals surface area contributed by atoms with Crippen molar-refractivity contribution in [2.24, 2.45) is 0 Å². The second-order valence-corrected chi connectivity index (χ2v) is 16.9. The number of hydrogen-bond acceptors (Lipinski definition) is 2. The molecule has 0 unspecified atom stereocenters. The van der Waals surface area contributed by atoms with E-state index in [1.54, 1.807) is 0 Å². The largest absolute Gasteiger partial charge is 0.555 e. The number of rotatable bonds is 6. The number of para-hydroxylation sites is 3. The summed E-state index contributed by atoms with van der Waals surface area (Å²) in [4.78, 5) is 2.47. The van der Waals surface area contributed by atoms with E-state index in [-0.39, 0.29) is 12.3 Å². The van der Waals surface area contributed by atoms with Crippen LogP contribution in [0.4, 0.5) is 17.1 Å². The molecule has 1 aliphatic carbocycles. The van der Waals surface area contributed by atoms with Gasteiger partial charge >= 0.3 is 6.92 Å². The van der Waals surface area contributed by atoms with Crippen molar-refractivity contribution >= 4 is 62.0 Å². The van der Waals surface area contributed by atoms with Crippen LogP contribution in [0.25, 0.3) is 60.5 Å². The van der Waals surface area contributed by atoms with Crippen molar-refractivity contribution in [3.8, 4) is 33.7 Å². The summed E-state index contributed by atoms with van der Waals surface area (Å²) in [5, 5.41) is 4.89. The van der Waals surface area contributed by atoms with E-state index >= 15 is 0 Å². The molecule has 0 fully saturated rings. The molecule has 10 aromatic rings. The predicted molar refractivity (Wildman–Crippen MR) is 252 cm³/mol. The number of nitrogens with zero attached hydrogens (tertiary/aromatic N) is 2. The Kier molecular flexibility index (Phi) is 7.74. The fraction of sp³-hybridized carbons (Fsp3) is 0.0714. The Morgan fingerprint density at radius 3 is 2.05 bits per heavy atom. The lowest BCUT2D eigenvalue weighted by Crippen LogP contribution is -2.35. The number of anilines is 3. The van der Waals surface area contributed by atoms with Crippen molar-refractivity contribution in [1.82, 2.24) is 4.57 Å². The van der Waals surface area contributed by atoms with Crippen LogP contribution >= 0.6 is 0 Å². The molecule has 1 aromatic heterocycles. The highest BCUT2D eigenvalue weighted by Gasteiger charge is 2.39. The minimum absolute atomic E-state index is 0.0282. The van der Waals surface area contributed by atoms with Crippen LogP contribution < -0.4 is 15.0 Å². The van der Waals surface area contributed by atoms with Crippen LogP contribution in [-0.2, 0) is 11.7 Å². The summed E-state index contributed by atoms with van der Waals surface area (Å²) in [6.45, 7) is 4.74. The summed E-state index contributed by atoms with van der Waals surface area (Å²) in [5.74, 6) is 0.985. The van der Waals surface area contributed by atoms with Gasteiger partial charge in [0.2, 0.25) is 0 Å². The first-order chi connectivity index (χ1) is 29.5. The summed E-state index contributed by atoms with van der Waals surface area (Å²) >= 11 is 0. The highest BCUT2D eigenvalue weighted by Crippen LogP contribution is 2.56. The predicted octanol–water partition coefficient (Wildman–Crippen LogP) is 13.8. The van der Waals surface area contributed by atoms with Gasteiger partial charge in [0.15, 0.2) is 0 Å². The van der Waals surface area contributed by atoms with Crippen molar-refractivity contribution in [3.05, 3.63) is 217 Å². The fourth-order valence-electron chi connectivity index (χ4n) is 10.2. The molecular weight excluding hydrogens is 727 g/mol. The molecule has 0 N–H and O–H groups in total. The van der Waals surface area contributed by atoms with Crippen LogP contribution in [-0.4, -0.2) is 11.5 Å². The van der Waals surface area contributed by atoms with Crippen LogP contribution in [0.1, 0.15) is 30.5 Å². The van der Waals surface area contributed by atoms with E-state index < -0.39 is 0 Å². The van der Waals surface area contributed by atoms with Crippen molar-refractivity contribution in [2.45, 2.75) is 25.6 Å². The Morgan fingerprint density at radius 1 is 0.500 bits per heavy atom. The van der Waals surface area contributed by atoms with Crippen molar-refractivity contribution in [2.75, 3.05) is 4.90 Å². The third-order valence-corrected chi connectivity index (χ3v) is 13.1. The molecule has 284 valence electrons. The van der Waals surface area contributed by atoms with Crippen LogP contribution in [0.5, 0.6) is 5.75 Å². The third kappa shape index (κ3) is 5.30. The lowest BCUT2D eigenvalue weighted by atomic mass is 9.58. The monoisotopic (exact) mass is 768 g/mol. The maximum Gasteiger partial charge on any atom is 0.396 e. The maximum atomic E-state index is 7.01. The zero-order valence-electron chi connectivity index (χ0n) is 33.6. The first-order valence-corrected chi connectivity index (χ1v) is 21.0. The summed E-state index contributed by atoms with van der Waals surface area (Å²) in [6, 6.07) is 73.3. The highest BCUT2D eigenvalue weighted by atomic mass is 16.4. The molecule has 4 heteroatoms. The molecule has 0 bridgehead atoms. The lowest BCUT2D eigenvalue weighted by molar-refractivity contribution is 0.603. The third-order valence-electron chi connectivity index (χ3n) is 13.1. The van der Waals surface area contributed by atoms with Gasteiger partial charge in [0.25, 0.3) is 0 Å². The van der Waals surface area contributed by atoms with E-state index in [2.05, 4.69) is 224 Å². The van der Waals surface area contributed by atoms with Crippen LogP contribution in [0.3, 0.4) is 0 Å².